The summed E-state index contributed by atoms with van der Waals surface area (Å²) in [5, 5.41) is 10.00. The van der Waals surface area contributed by atoms with Crippen LogP contribution in [0.2, 0.25) is 0 Å². The fourth-order valence-corrected chi connectivity index (χ4v) is 4.81. The standard InChI is InChI=1S/C23H38N6O/c1-4-19(7-5-6-9-24)23-20(17-30)8-10-29(23)16-21-15-22(26-18(2)25-21)28-13-11-27(3)12-14-28/h5-7,9,15,19-20,23,30H,4,8,10-14,16-17,24H2,1-3H3/b7-5-,9-6-/t19?,20-,23+/m0/s1. The molecule has 3 heterocycles. The van der Waals surface area contributed by atoms with Crippen LogP contribution in [0.4, 0.5) is 5.82 Å². The van der Waals surface area contributed by atoms with Gasteiger partial charge in [-0.25, -0.2) is 9.97 Å². The monoisotopic (exact) mass is 414 g/mol. The molecule has 30 heavy (non-hydrogen) atoms. The molecule has 0 radical (unpaired) electrons. The maximum atomic E-state index is 10.00. The number of hydrogen-bond acceptors (Lipinski definition) is 7. The predicted molar refractivity (Wildman–Crippen MR) is 122 cm³/mol. The highest BCUT2D eigenvalue weighted by Gasteiger charge is 2.37. The highest BCUT2D eigenvalue weighted by Crippen LogP contribution is 2.33. The number of aliphatic hydroxyl groups excluding tert-OH is 1. The van der Waals surface area contributed by atoms with Crippen LogP contribution >= 0.6 is 0 Å². The molecule has 7 nitrogen and oxygen atoms in total. The number of allylic oxidation sites excluding steroid dienone is 2. The third kappa shape index (κ3) is 5.59. The summed E-state index contributed by atoms with van der Waals surface area (Å²) in [4.78, 5) is 16.7. The summed E-state index contributed by atoms with van der Waals surface area (Å²) >= 11 is 0. The van der Waals surface area contributed by atoms with Gasteiger partial charge in [0.15, 0.2) is 0 Å². The number of rotatable bonds is 8. The zero-order valence-corrected chi connectivity index (χ0v) is 18.7. The second kappa shape index (κ2) is 10.9. The van der Waals surface area contributed by atoms with E-state index in [9.17, 15) is 5.11 Å². The first-order valence-corrected chi connectivity index (χ1v) is 11.2. The van der Waals surface area contributed by atoms with Crippen molar-refractivity contribution in [1.29, 1.82) is 0 Å². The molecule has 1 aromatic rings. The van der Waals surface area contributed by atoms with Crippen LogP contribution in [0.3, 0.4) is 0 Å². The number of aryl methyl sites for hydroxylation is 1. The first kappa shape index (κ1) is 22.7. The smallest absolute Gasteiger partial charge is 0.132 e. The van der Waals surface area contributed by atoms with Crippen LogP contribution in [0.5, 0.6) is 0 Å². The molecule has 0 bridgehead atoms. The van der Waals surface area contributed by atoms with Gasteiger partial charge in [-0.1, -0.05) is 19.1 Å². The fraction of sp³-hybridized carbons (Fsp3) is 0.652. The van der Waals surface area contributed by atoms with Gasteiger partial charge < -0.3 is 20.6 Å². The normalized spacial score (nSPS) is 25.0. The zero-order chi connectivity index (χ0) is 21.5. The zero-order valence-electron chi connectivity index (χ0n) is 18.7. The van der Waals surface area contributed by atoms with Crippen molar-refractivity contribution in [2.24, 2.45) is 17.6 Å². The summed E-state index contributed by atoms with van der Waals surface area (Å²) in [6.07, 6.45) is 9.74. The molecule has 3 atom stereocenters. The number of likely N-dealkylation sites (N-methyl/N-ethyl adjacent to an activating group) is 1. The van der Waals surface area contributed by atoms with E-state index in [1.54, 1.807) is 6.20 Å². The topological polar surface area (TPSA) is 81.8 Å². The van der Waals surface area contributed by atoms with Crippen LogP contribution in [0.15, 0.2) is 30.5 Å². The van der Waals surface area contributed by atoms with Crippen molar-refractivity contribution in [2.45, 2.75) is 39.3 Å². The van der Waals surface area contributed by atoms with Gasteiger partial charge >= 0.3 is 0 Å². The summed E-state index contributed by atoms with van der Waals surface area (Å²) < 4.78 is 0. The van der Waals surface area contributed by atoms with Crippen molar-refractivity contribution >= 4 is 5.82 Å². The minimum Gasteiger partial charge on any atom is -0.405 e. The van der Waals surface area contributed by atoms with Gasteiger partial charge in [0, 0.05) is 51.4 Å². The van der Waals surface area contributed by atoms with Gasteiger partial charge in [-0.2, -0.15) is 0 Å². The number of nitrogens with two attached hydrogens (primary N) is 1. The largest absolute Gasteiger partial charge is 0.405 e. The van der Waals surface area contributed by atoms with E-state index in [2.05, 4.69) is 40.8 Å². The van der Waals surface area contributed by atoms with Gasteiger partial charge in [0.1, 0.15) is 11.6 Å². The molecule has 1 aromatic heterocycles. The van der Waals surface area contributed by atoms with Gasteiger partial charge in [0.25, 0.3) is 0 Å². The predicted octanol–water partition coefficient (Wildman–Crippen LogP) is 1.77. The lowest BCUT2D eigenvalue weighted by atomic mass is 9.87. The molecule has 0 saturated carbocycles. The number of anilines is 1. The Labute approximate surface area is 181 Å². The van der Waals surface area contributed by atoms with E-state index in [0.717, 1.165) is 69.4 Å². The van der Waals surface area contributed by atoms with Crippen molar-refractivity contribution in [1.82, 2.24) is 19.8 Å². The maximum absolute atomic E-state index is 10.00. The van der Waals surface area contributed by atoms with Crippen LogP contribution in [-0.2, 0) is 6.54 Å². The molecule has 3 rings (SSSR count). The first-order valence-electron chi connectivity index (χ1n) is 11.2. The molecular formula is C23H38N6O. The van der Waals surface area contributed by atoms with Gasteiger partial charge in [-0.3, -0.25) is 4.90 Å². The summed E-state index contributed by atoms with van der Waals surface area (Å²) in [7, 11) is 2.17. The average Bonchev–Trinajstić information content (AvgIpc) is 3.13. The molecule has 0 aromatic carbocycles. The fourth-order valence-electron chi connectivity index (χ4n) is 4.81. The summed E-state index contributed by atoms with van der Waals surface area (Å²) in [5.74, 6) is 2.54. The van der Waals surface area contributed by atoms with Crippen LogP contribution in [0.1, 0.15) is 31.3 Å². The second-order valence-corrected chi connectivity index (χ2v) is 8.59. The Morgan fingerprint density at radius 2 is 1.97 bits per heavy atom. The number of likely N-dealkylation sites (tertiary alicyclic amines) is 1. The number of piperazine rings is 1. The van der Waals surface area contributed by atoms with Gasteiger partial charge in [0.2, 0.25) is 0 Å². The lowest BCUT2D eigenvalue weighted by molar-refractivity contribution is 0.128. The Morgan fingerprint density at radius 3 is 2.63 bits per heavy atom. The van der Waals surface area contributed by atoms with Crippen molar-refractivity contribution in [3.05, 3.63) is 42.0 Å². The Balaban J connectivity index is 1.77. The van der Waals surface area contributed by atoms with Crippen molar-refractivity contribution < 1.29 is 5.11 Å². The van der Waals surface area contributed by atoms with Crippen LogP contribution in [-0.4, -0.2) is 77.3 Å². The Hall–Kier alpha value is -1.96. The molecule has 166 valence electrons. The molecule has 7 heteroatoms. The highest BCUT2D eigenvalue weighted by molar-refractivity contribution is 5.40. The molecule has 2 aliphatic heterocycles. The highest BCUT2D eigenvalue weighted by atomic mass is 16.3. The SMILES string of the molecule is CCC(/C=C\C=C/N)[C@@H]1[C@H](CO)CCN1Cc1cc(N2CCN(C)CC2)nc(C)n1. The van der Waals surface area contributed by atoms with E-state index in [0.29, 0.717) is 17.9 Å². The third-order valence-electron chi connectivity index (χ3n) is 6.49. The van der Waals surface area contributed by atoms with Crippen LogP contribution in [0.25, 0.3) is 0 Å². The molecule has 3 N–H and O–H groups in total. The Kier molecular flexibility index (Phi) is 8.24. The molecule has 0 spiro atoms. The molecule has 0 aliphatic carbocycles. The molecular weight excluding hydrogens is 376 g/mol. The lowest BCUT2D eigenvalue weighted by Gasteiger charge is -2.34. The summed E-state index contributed by atoms with van der Waals surface area (Å²) in [6, 6.07) is 2.47. The molecule has 2 aliphatic rings. The van der Waals surface area contributed by atoms with E-state index in [4.69, 9.17) is 15.7 Å². The molecule has 2 fully saturated rings. The number of nitrogens with zero attached hydrogens (tertiary/aromatic N) is 5. The van der Waals surface area contributed by atoms with E-state index in [1.165, 1.54) is 0 Å². The van der Waals surface area contributed by atoms with Gasteiger partial charge in [-0.15, -0.1) is 0 Å². The summed E-state index contributed by atoms with van der Waals surface area (Å²) in [5.41, 5.74) is 6.56. The number of aromatic nitrogens is 2. The average molecular weight is 415 g/mol. The van der Waals surface area contributed by atoms with Crippen LogP contribution in [0, 0.1) is 18.8 Å². The molecule has 1 unspecified atom stereocenters. The summed E-state index contributed by atoms with van der Waals surface area (Å²) in [6.45, 7) is 10.3. The first-order chi connectivity index (χ1) is 14.5. The van der Waals surface area contributed by atoms with Gasteiger partial charge in [0.05, 0.1) is 5.69 Å². The van der Waals surface area contributed by atoms with E-state index < -0.39 is 0 Å². The van der Waals surface area contributed by atoms with Crippen LogP contribution < -0.4 is 10.6 Å². The van der Waals surface area contributed by atoms with E-state index in [-0.39, 0.29) is 6.61 Å². The van der Waals surface area contributed by atoms with Gasteiger partial charge in [-0.05, 0) is 57.5 Å². The second-order valence-electron chi connectivity index (χ2n) is 8.59. The third-order valence-corrected chi connectivity index (χ3v) is 6.49. The van der Waals surface area contributed by atoms with Crippen molar-refractivity contribution in [3.63, 3.8) is 0 Å². The minimum atomic E-state index is 0.230. The minimum absolute atomic E-state index is 0.230. The van der Waals surface area contributed by atoms with E-state index >= 15 is 0 Å². The lowest BCUT2D eigenvalue weighted by Crippen LogP contribution is -2.45. The van der Waals surface area contributed by atoms with Crippen molar-refractivity contribution in [2.75, 3.05) is 51.3 Å². The maximum Gasteiger partial charge on any atom is 0.132 e. The quantitative estimate of drug-likeness (QED) is 0.628. The van der Waals surface area contributed by atoms with E-state index in [1.807, 2.05) is 19.1 Å². The molecule has 0 amide bonds. The van der Waals surface area contributed by atoms with Crippen molar-refractivity contribution in [3.8, 4) is 0 Å². The Bertz CT molecular complexity index is 728. The molecule has 2 saturated heterocycles. The number of hydrogen-bond donors (Lipinski definition) is 2. The number of aliphatic hydroxyl groups is 1. The Morgan fingerprint density at radius 1 is 1.20 bits per heavy atom.